The molecule has 4 nitrogen and oxygen atoms in total. The number of rotatable bonds is 3. The van der Waals surface area contributed by atoms with Gasteiger partial charge in [-0.2, -0.15) is 0 Å². The van der Waals surface area contributed by atoms with Crippen LogP contribution in [0.3, 0.4) is 0 Å². The summed E-state index contributed by atoms with van der Waals surface area (Å²) in [6, 6.07) is 0.296. The summed E-state index contributed by atoms with van der Waals surface area (Å²) >= 11 is 0. The Balaban J connectivity index is 1.91. The second-order valence-corrected chi connectivity index (χ2v) is 5.01. The van der Waals surface area contributed by atoms with Gasteiger partial charge in [0.15, 0.2) is 0 Å². The number of hydrogen-bond acceptors (Lipinski definition) is 3. The number of amides is 1. The summed E-state index contributed by atoms with van der Waals surface area (Å²) in [5.74, 6) is 1.29. The van der Waals surface area contributed by atoms with Crippen LogP contribution in [-0.4, -0.2) is 42.6 Å². The molecule has 4 atom stereocenters. The number of fused-ring (bicyclic) bond motifs is 1. The lowest BCUT2D eigenvalue weighted by Crippen LogP contribution is -2.39. The van der Waals surface area contributed by atoms with Gasteiger partial charge in [-0.25, -0.2) is 0 Å². The Morgan fingerprint density at radius 2 is 2.25 bits per heavy atom. The van der Waals surface area contributed by atoms with Crippen molar-refractivity contribution < 1.29 is 9.53 Å². The first-order valence-electron chi connectivity index (χ1n) is 6.29. The smallest absolute Gasteiger partial charge is 0.251 e. The Morgan fingerprint density at radius 3 is 2.88 bits per heavy atom. The fraction of sp³-hybridized carbons (Fsp3) is 0.917. The van der Waals surface area contributed by atoms with Crippen LogP contribution < -0.4 is 5.73 Å². The minimum atomic E-state index is -0.306. The van der Waals surface area contributed by atoms with E-state index in [0.29, 0.717) is 24.5 Å². The summed E-state index contributed by atoms with van der Waals surface area (Å²) in [5.41, 5.74) is 6.05. The molecule has 2 N–H and O–H groups in total. The minimum Gasteiger partial charge on any atom is -0.369 e. The maximum atomic E-state index is 12.0. The second kappa shape index (κ2) is 4.72. The first kappa shape index (κ1) is 11.9. The number of likely N-dealkylation sites (tertiary alicyclic amines) is 1. The molecule has 0 spiro atoms. The number of ether oxygens (including phenoxy) is 1. The number of carbonyl (C=O) groups excluding carboxylic acids is 1. The average Bonchev–Trinajstić information content (AvgIpc) is 2.81. The molecule has 2 fully saturated rings. The normalized spacial score (nSPS) is 35.2. The lowest BCUT2D eigenvalue weighted by Gasteiger charge is -2.22. The molecule has 2 rings (SSSR count). The largest absolute Gasteiger partial charge is 0.369 e. The lowest BCUT2D eigenvalue weighted by molar-refractivity contribution is -0.141. The SMILES string of the molecule is CCO[C@H](C)C(=O)N1C[C@@H]2CC[C@H](N)[C@H]2C1. The lowest BCUT2D eigenvalue weighted by atomic mass is 9.98. The van der Waals surface area contributed by atoms with Gasteiger partial charge in [0.1, 0.15) is 6.10 Å². The van der Waals surface area contributed by atoms with Crippen LogP contribution in [0.15, 0.2) is 0 Å². The maximum Gasteiger partial charge on any atom is 0.251 e. The monoisotopic (exact) mass is 226 g/mol. The number of nitrogens with zero attached hydrogens (tertiary/aromatic N) is 1. The van der Waals surface area contributed by atoms with E-state index in [-0.39, 0.29) is 12.0 Å². The first-order valence-corrected chi connectivity index (χ1v) is 6.29. The van der Waals surface area contributed by atoms with Crippen molar-refractivity contribution in [1.29, 1.82) is 0 Å². The summed E-state index contributed by atoms with van der Waals surface area (Å²) in [7, 11) is 0. The van der Waals surface area contributed by atoms with Gasteiger partial charge in [-0.15, -0.1) is 0 Å². The molecule has 2 aliphatic rings. The fourth-order valence-electron chi connectivity index (χ4n) is 3.07. The van der Waals surface area contributed by atoms with Gasteiger partial charge in [0, 0.05) is 25.7 Å². The van der Waals surface area contributed by atoms with Gasteiger partial charge in [0.25, 0.3) is 5.91 Å². The number of carbonyl (C=O) groups is 1. The molecular weight excluding hydrogens is 204 g/mol. The van der Waals surface area contributed by atoms with Crippen molar-refractivity contribution in [3.8, 4) is 0 Å². The van der Waals surface area contributed by atoms with Crippen molar-refractivity contribution >= 4 is 5.91 Å². The highest BCUT2D eigenvalue weighted by atomic mass is 16.5. The molecule has 1 saturated carbocycles. The standard InChI is InChI=1S/C12H22N2O2/c1-3-16-8(2)12(15)14-6-9-4-5-11(13)10(9)7-14/h8-11H,3-7,13H2,1-2H3/t8-,9+,10+,11+/m1/s1. The summed E-state index contributed by atoms with van der Waals surface area (Å²) in [6.45, 7) is 6.06. The molecule has 0 aromatic rings. The van der Waals surface area contributed by atoms with Crippen molar-refractivity contribution in [2.24, 2.45) is 17.6 Å². The van der Waals surface area contributed by atoms with Crippen molar-refractivity contribution in [1.82, 2.24) is 4.90 Å². The van der Waals surface area contributed by atoms with Crippen LogP contribution in [-0.2, 0) is 9.53 Å². The molecule has 0 radical (unpaired) electrons. The Labute approximate surface area is 97.1 Å². The van der Waals surface area contributed by atoms with Gasteiger partial charge < -0.3 is 15.4 Å². The van der Waals surface area contributed by atoms with Crippen molar-refractivity contribution in [3.05, 3.63) is 0 Å². The van der Waals surface area contributed by atoms with Crippen LogP contribution in [0.5, 0.6) is 0 Å². The van der Waals surface area contributed by atoms with E-state index in [1.165, 1.54) is 6.42 Å². The molecule has 1 aliphatic heterocycles. The van der Waals surface area contributed by atoms with E-state index in [4.69, 9.17) is 10.5 Å². The highest BCUT2D eigenvalue weighted by Crippen LogP contribution is 2.37. The number of nitrogens with two attached hydrogens (primary N) is 1. The minimum absolute atomic E-state index is 0.128. The van der Waals surface area contributed by atoms with E-state index in [1.54, 1.807) is 0 Å². The zero-order valence-electron chi connectivity index (χ0n) is 10.2. The van der Waals surface area contributed by atoms with Crippen molar-refractivity contribution in [3.63, 3.8) is 0 Å². The first-order chi connectivity index (χ1) is 7.63. The predicted octanol–water partition coefficient (Wildman–Crippen LogP) is 0.607. The average molecular weight is 226 g/mol. The third-order valence-corrected chi connectivity index (χ3v) is 3.99. The van der Waals surface area contributed by atoms with E-state index in [2.05, 4.69) is 0 Å². The van der Waals surface area contributed by atoms with E-state index in [1.807, 2.05) is 18.7 Å². The molecule has 1 amide bonds. The van der Waals surface area contributed by atoms with Gasteiger partial charge in [0.05, 0.1) is 0 Å². The maximum absolute atomic E-state index is 12.0. The third kappa shape index (κ3) is 2.09. The zero-order valence-corrected chi connectivity index (χ0v) is 10.2. The zero-order chi connectivity index (χ0) is 11.7. The summed E-state index contributed by atoms with van der Waals surface area (Å²) < 4.78 is 5.34. The Morgan fingerprint density at radius 1 is 1.50 bits per heavy atom. The molecule has 0 aromatic carbocycles. The molecule has 0 aromatic heterocycles. The van der Waals surface area contributed by atoms with Gasteiger partial charge in [0.2, 0.25) is 0 Å². The Hall–Kier alpha value is -0.610. The molecule has 1 heterocycles. The van der Waals surface area contributed by atoms with Crippen LogP contribution in [0.4, 0.5) is 0 Å². The molecule has 16 heavy (non-hydrogen) atoms. The van der Waals surface area contributed by atoms with Crippen LogP contribution in [0, 0.1) is 11.8 Å². The molecular formula is C12H22N2O2. The molecule has 0 bridgehead atoms. The van der Waals surface area contributed by atoms with Gasteiger partial charge in [-0.05, 0) is 38.5 Å². The van der Waals surface area contributed by atoms with Crippen LogP contribution in [0.2, 0.25) is 0 Å². The molecule has 1 aliphatic carbocycles. The quantitative estimate of drug-likeness (QED) is 0.767. The molecule has 4 heteroatoms. The second-order valence-electron chi connectivity index (χ2n) is 5.01. The molecule has 1 saturated heterocycles. The highest BCUT2D eigenvalue weighted by molar-refractivity contribution is 5.80. The van der Waals surface area contributed by atoms with Crippen LogP contribution in [0.25, 0.3) is 0 Å². The Bertz CT molecular complexity index is 270. The van der Waals surface area contributed by atoms with Crippen LogP contribution >= 0.6 is 0 Å². The van der Waals surface area contributed by atoms with Crippen molar-refractivity contribution in [2.75, 3.05) is 19.7 Å². The fourth-order valence-corrected chi connectivity index (χ4v) is 3.07. The summed E-state index contributed by atoms with van der Waals surface area (Å²) in [6.07, 6.45) is 2.00. The van der Waals surface area contributed by atoms with Gasteiger partial charge in [-0.1, -0.05) is 0 Å². The van der Waals surface area contributed by atoms with Gasteiger partial charge >= 0.3 is 0 Å². The van der Waals surface area contributed by atoms with E-state index in [0.717, 1.165) is 19.5 Å². The van der Waals surface area contributed by atoms with E-state index < -0.39 is 0 Å². The van der Waals surface area contributed by atoms with E-state index >= 15 is 0 Å². The third-order valence-electron chi connectivity index (χ3n) is 3.99. The summed E-state index contributed by atoms with van der Waals surface area (Å²) in [4.78, 5) is 14.0. The summed E-state index contributed by atoms with van der Waals surface area (Å²) in [5, 5.41) is 0. The molecule has 92 valence electrons. The van der Waals surface area contributed by atoms with Gasteiger partial charge in [-0.3, -0.25) is 4.79 Å². The number of hydrogen-bond donors (Lipinski definition) is 1. The van der Waals surface area contributed by atoms with E-state index in [9.17, 15) is 4.79 Å². The Kier molecular flexibility index (Phi) is 3.50. The predicted molar refractivity (Wildman–Crippen MR) is 61.9 cm³/mol. The van der Waals surface area contributed by atoms with Crippen molar-refractivity contribution in [2.45, 2.75) is 38.8 Å². The topological polar surface area (TPSA) is 55.6 Å². The molecule has 0 unspecified atom stereocenters. The van der Waals surface area contributed by atoms with Crippen LogP contribution in [0.1, 0.15) is 26.7 Å². The highest BCUT2D eigenvalue weighted by Gasteiger charge is 2.43.